The van der Waals surface area contributed by atoms with Crippen LogP contribution in [0.5, 0.6) is 11.5 Å². The van der Waals surface area contributed by atoms with Gasteiger partial charge < -0.3 is 14.4 Å². The van der Waals surface area contributed by atoms with E-state index in [-0.39, 0.29) is 44.0 Å². The number of ether oxygens (including phenoxy) is 2. The lowest BCUT2D eigenvalue weighted by molar-refractivity contribution is 0.174. The molecule has 0 aliphatic carbocycles. The zero-order chi connectivity index (χ0) is 33.4. The van der Waals surface area contributed by atoms with Gasteiger partial charge in [0.1, 0.15) is 0 Å². The molecule has 0 bridgehead atoms. The first kappa shape index (κ1) is 40.0. The second-order valence-electron chi connectivity index (χ2n) is 13.7. The normalized spacial score (nSPS) is 13.9. The van der Waals surface area contributed by atoms with Gasteiger partial charge in [-0.15, -0.1) is 37.2 Å². The van der Waals surface area contributed by atoms with Crippen molar-refractivity contribution >= 4 is 42.9 Å². The Labute approximate surface area is 321 Å². The number of hydrogen-bond donors (Lipinski definition) is 0. The molecule has 1 fully saturated rings. The van der Waals surface area contributed by atoms with Crippen LogP contribution < -0.4 is 14.4 Å². The van der Waals surface area contributed by atoms with E-state index in [0.717, 1.165) is 67.6 Å². The summed E-state index contributed by atoms with van der Waals surface area (Å²) < 4.78 is 11.4. The number of hydrogen-bond acceptors (Lipinski definition) is 6. The van der Waals surface area contributed by atoms with E-state index in [1.54, 1.807) is 0 Å². The van der Waals surface area contributed by atoms with Crippen molar-refractivity contribution in [2.24, 2.45) is 0 Å². The number of nitrogens with zero attached hydrogens (tertiary/aromatic N) is 4. The fraction of sp³-hybridized carbons (Fsp3) is 0.333. The Balaban J connectivity index is 0.00000194. The summed E-state index contributed by atoms with van der Waals surface area (Å²) in [5, 5.41) is 0. The number of piperidine rings is 1. The molecule has 0 atom stereocenters. The first-order valence-corrected chi connectivity index (χ1v) is 17.2. The average molecular weight is 748 g/mol. The van der Waals surface area contributed by atoms with Crippen molar-refractivity contribution < 1.29 is 9.47 Å². The van der Waals surface area contributed by atoms with Gasteiger partial charge in [-0.3, -0.25) is 14.9 Å². The molecule has 270 valence electrons. The highest BCUT2D eigenvalue weighted by Gasteiger charge is 2.27. The van der Waals surface area contributed by atoms with Crippen LogP contribution in [0.25, 0.3) is 22.5 Å². The largest absolute Gasteiger partial charge is 0.454 e. The summed E-state index contributed by atoms with van der Waals surface area (Å²) in [6.45, 7) is 17.2. The topological polar surface area (TPSA) is 50.7 Å². The summed E-state index contributed by atoms with van der Waals surface area (Å²) in [7, 11) is 0. The molecule has 1 saturated heterocycles. The quantitative estimate of drug-likeness (QED) is 0.158. The van der Waals surface area contributed by atoms with Crippen molar-refractivity contribution in [1.29, 1.82) is 0 Å². The smallest absolute Gasteiger partial charge is 0.231 e. The van der Waals surface area contributed by atoms with Gasteiger partial charge >= 0.3 is 0 Å². The first-order valence-electron chi connectivity index (χ1n) is 17.2. The minimum absolute atomic E-state index is 0. The number of benzene rings is 3. The molecule has 6 nitrogen and oxygen atoms in total. The van der Waals surface area contributed by atoms with Gasteiger partial charge in [0.25, 0.3) is 0 Å². The minimum atomic E-state index is 0. The standard InChI is InChI=1S/C42H46N4O2.3ClH/c1-27-17-35(18-28(2)31(27)5)39-9-7-34(23-44-39)25-46(38-8-10-41-42(22-38)48-26-47-41)37-12-15-45(16-13-37)24-33-11-14-43-40(21-33)36-19-29(3)32(6)30(4)20-36;;;/h7-11,14,17-23,37H,12-13,15-16,24-26H2,1-6H3;3*1H. The molecule has 4 heterocycles. The van der Waals surface area contributed by atoms with Gasteiger partial charge in [-0.1, -0.05) is 6.07 Å². The van der Waals surface area contributed by atoms with Crippen LogP contribution in [0.15, 0.2) is 79.1 Å². The zero-order valence-corrected chi connectivity index (χ0v) is 32.8. The summed E-state index contributed by atoms with van der Waals surface area (Å²) in [6, 6.07) is 24.6. The van der Waals surface area contributed by atoms with Crippen molar-refractivity contribution in [1.82, 2.24) is 14.9 Å². The Morgan fingerprint density at radius 2 is 1.25 bits per heavy atom. The van der Waals surface area contributed by atoms with Crippen molar-refractivity contribution in [3.63, 3.8) is 0 Å². The van der Waals surface area contributed by atoms with E-state index < -0.39 is 0 Å². The SMILES string of the molecule is Cc1cc(-c2ccc(CN(c3ccc4c(c3)OCO4)C3CCN(Cc4ccnc(-c5cc(C)c(C)c(C)c5)c4)CC3)cn2)cc(C)c1C.Cl.Cl.Cl. The van der Waals surface area contributed by atoms with Crippen molar-refractivity contribution in [2.45, 2.75) is 73.5 Å². The van der Waals surface area contributed by atoms with Crippen LogP contribution in [0.4, 0.5) is 5.69 Å². The van der Waals surface area contributed by atoms with Crippen LogP contribution in [0.3, 0.4) is 0 Å². The lowest BCUT2D eigenvalue weighted by atomic mass is 9.98. The third-order valence-corrected chi connectivity index (χ3v) is 10.5. The second kappa shape index (κ2) is 17.1. The first-order chi connectivity index (χ1) is 23.2. The molecule has 2 aromatic heterocycles. The number of rotatable bonds is 8. The van der Waals surface area contributed by atoms with Gasteiger partial charge in [-0.2, -0.15) is 0 Å². The fourth-order valence-electron chi connectivity index (χ4n) is 7.13. The molecular weight excluding hydrogens is 699 g/mol. The number of halogens is 3. The summed E-state index contributed by atoms with van der Waals surface area (Å²) in [6.07, 6.45) is 6.17. The minimum Gasteiger partial charge on any atom is -0.454 e. The lowest BCUT2D eigenvalue weighted by Crippen LogP contribution is -2.44. The van der Waals surface area contributed by atoms with Crippen LogP contribution in [0.1, 0.15) is 57.3 Å². The van der Waals surface area contributed by atoms with Gasteiger partial charge in [-0.25, -0.2) is 0 Å². The Bertz CT molecular complexity index is 1910. The number of pyridine rings is 2. The van der Waals surface area contributed by atoms with Gasteiger partial charge in [-0.05, 0) is 153 Å². The van der Waals surface area contributed by atoms with E-state index in [1.165, 1.54) is 55.6 Å². The fourth-order valence-corrected chi connectivity index (χ4v) is 7.13. The Hall–Kier alpha value is -3.81. The van der Waals surface area contributed by atoms with Gasteiger partial charge in [0.15, 0.2) is 11.5 Å². The van der Waals surface area contributed by atoms with E-state index in [0.29, 0.717) is 6.04 Å². The van der Waals surface area contributed by atoms with Gasteiger partial charge in [0, 0.05) is 67.5 Å². The van der Waals surface area contributed by atoms with Crippen LogP contribution in [0.2, 0.25) is 0 Å². The van der Waals surface area contributed by atoms with Crippen molar-refractivity contribution in [3.8, 4) is 34.0 Å². The van der Waals surface area contributed by atoms with Crippen LogP contribution in [-0.4, -0.2) is 40.8 Å². The summed E-state index contributed by atoms with van der Waals surface area (Å²) >= 11 is 0. The summed E-state index contributed by atoms with van der Waals surface area (Å²) in [5.41, 5.74) is 16.0. The van der Waals surface area contributed by atoms with Crippen LogP contribution >= 0.6 is 37.2 Å². The molecule has 0 amide bonds. The molecule has 0 radical (unpaired) electrons. The molecular formula is C42H49Cl3N4O2. The second-order valence-corrected chi connectivity index (χ2v) is 13.7. The number of aryl methyl sites for hydroxylation is 4. The van der Waals surface area contributed by atoms with Crippen LogP contribution in [0, 0.1) is 41.5 Å². The molecule has 2 aliphatic heterocycles. The predicted octanol–water partition coefficient (Wildman–Crippen LogP) is 10.3. The maximum Gasteiger partial charge on any atom is 0.231 e. The average Bonchev–Trinajstić information content (AvgIpc) is 3.57. The number of anilines is 1. The third kappa shape index (κ3) is 8.81. The Morgan fingerprint density at radius 3 is 1.86 bits per heavy atom. The summed E-state index contributed by atoms with van der Waals surface area (Å²) in [4.78, 5) is 14.8. The Kier molecular flexibility index (Phi) is 13.4. The molecule has 0 saturated carbocycles. The summed E-state index contributed by atoms with van der Waals surface area (Å²) in [5.74, 6) is 1.64. The maximum absolute atomic E-state index is 5.79. The maximum atomic E-state index is 5.79. The molecule has 51 heavy (non-hydrogen) atoms. The van der Waals surface area contributed by atoms with E-state index in [4.69, 9.17) is 19.4 Å². The molecule has 9 heteroatoms. The predicted molar refractivity (Wildman–Crippen MR) is 217 cm³/mol. The van der Waals surface area contributed by atoms with E-state index in [1.807, 2.05) is 18.5 Å². The molecule has 0 spiro atoms. The van der Waals surface area contributed by atoms with Crippen molar-refractivity contribution in [3.05, 3.63) is 124 Å². The molecule has 2 aliphatic rings. The molecule has 5 aromatic rings. The monoisotopic (exact) mass is 746 g/mol. The van der Waals surface area contributed by atoms with E-state index in [2.05, 4.69) is 112 Å². The molecule has 7 rings (SSSR count). The zero-order valence-electron chi connectivity index (χ0n) is 30.4. The Morgan fingerprint density at radius 1 is 0.647 bits per heavy atom. The van der Waals surface area contributed by atoms with Gasteiger partial charge in [0.2, 0.25) is 6.79 Å². The molecule has 3 aromatic carbocycles. The highest BCUT2D eigenvalue weighted by Crippen LogP contribution is 2.38. The number of likely N-dealkylation sites (tertiary alicyclic amines) is 1. The number of aromatic nitrogens is 2. The van der Waals surface area contributed by atoms with E-state index in [9.17, 15) is 0 Å². The molecule has 0 unspecified atom stereocenters. The van der Waals surface area contributed by atoms with Gasteiger partial charge in [0.05, 0.1) is 11.4 Å². The van der Waals surface area contributed by atoms with Crippen LogP contribution in [-0.2, 0) is 13.1 Å². The lowest BCUT2D eigenvalue weighted by Gasteiger charge is -2.40. The highest BCUT2D eigenvalue weighted by molar-refractivity contribution is 5.86. The number of fused-ring (bicyclic) bond motifs is 1. The molecule has 0 N–H and O–H groups in total. The highest BCUT2D eigenvalue weighted by atomic mass is 35.5. The van der Waals surface area contributed by atoms with E-state index >= 15 is 0 Å². The third-order valence-electron chi connectivity index (χ3n) is 10.5. The van der Waals surface area contributed by atoms with Crippen molar-refractivity contribution in [2.75, 3.05) is 24.8 Å².